The highest BCUT2D eigenvalue weighted by atomic mass is 16.5. The summed E-state index contributed by atoms with van der Waals surface area (Å²) in [5.41, 5.74) is -0.331. The van der Waals surface area contributed by atoms with Crippen molar-refractivity contribution in [2.45, 2.75) is 13.3 Å². The van der Waals surface area contributed by atoms with E-state index in [4.69, 9.17) is 0 Å². The minimum Gasteiger partial charge on any atom is -0.359 e. The van der Waals surface area contributed by atoms with E-state index in [1.54, 1.807) is 0 Å². The molecule has 0 saturated carbocycles. The molecule has 0 amide bonds. The molecule has 11 heavy (non-hydrogen) atoms. The van der Waals surface area contributed by atoms with Crippen LogP contribution in [0.3, 0.4) is 0 Å². The van der Waals surface area contributed by atoms with Crippen LogP contribution in [-0.2, 0) is 0 Å². The number of nitrogens with zero attached hydrogens (tertiary/aromatic N) is 1. The largest absolute Gasteiger partial charge is 0.359 e. The van der Waals surface area contributed by atoms with Gasteiger partial charge in [0.05, 0.1) is 6.07 Å². The first kappa shape index (κ1) is 7.91. The summed E-state index contributed by atoms with van der Waals surface area (Å²) >= 11 is 0. The minimum absolute atomic E-state index is 0.331. The zero-order chi connectivity index (χ0) is 8.27. The Labute approximate surface area is 64.8 Å². The Kier molecular flexibility index (Phi) is 2.36. The fourth-order valence-corrected chi connectivity index (χ4v) is 0.917. The molecular weight excluding hydrogens is 144 g/mol. The van der Waals surface area contributed by atoms with Gasteiger partial charge in [0.1, 0.15) is 5.82 Å². The first-order chi connectivity index (χ1) is 5.24. The second kappa shape index (κ2) is 3.27. The molecule has 0 fully saturated rings. The predicted octanol–water partition coefficient (Wildman–Crippen LogP) is 0.814. The van der Waals surface area contributed by atoms with E-state index >= 15 is 0 Å². The van der Waals surface area contributed by atoms with Crippen molar-refractivity contribution < 1.29 is 4.52 Å². The zero-order valence-electron chi connectivity index (χ0n) is 6.76. The molecule has 1 N–H and O–H groups in total. The van der Waals surface area contributed by atoms with E-state index in [0.29, 0.717) is 0 Å². The topological polar surface area (TPSA) is 49.2 Å². The highest BCUT2D eigenvalue weighted by molar-refractivity contribution is 5.33. The zero-order valence-corrected chi connectivity index (χ0v) is 6.76. The van der Waals surface area contributed by atoms with Crippen molar-refractivity contribution in [1.82, 2.24) is 5.16 Å². The molecule has 0 saturated heterocycles. The summed E-state index contributed by atoms with van der Waals surface area (Å²) in [6.07, 6.45) is 1.05. The Hall–Kier alpha value is -1.19. The number of rotatable bonds is 3. The molecule has 0 bridgehead atoms. The average Bonchev–Trinajstić information content (AvgIpc) is 2.36. The summed E-state index contributed by atoms with van der Waals surface area (Å²) in [5.74, 6) is 0.733. The molecule has 1 aromatic heterocycles. The molecule has 0 spiro atoms. The molecule has 0 radical (unpaired) electrons. The summed E-state index contributed by atoms with van der Waals surface area (Å²) < 4.78 is 4.51. The lowest BCUT2D eigenvalue weighted by Crippen LogP contribution is -2.17. The molecule has 1 heterocycles. The van der Waals surface area contributed by atoms with Gasteiger partial charge in [-0.15, -0.1) is 0 Å². The predicted molar refractivity (Wildman–Crippen MR) is 42.9 cm³/mol. The Morgan fingerprint density at radius 2 is 2.45 bits per heavy atom. The standard InChI is InChI=1S/C7H12N2O2/c1-3-4-9(2)6-5-7(10)11-8-6/h5,8H,3-4H2,1-2H3. The van der Waals surface area contributed by atoms with Crippen molar-refractivity contribution in [2.75, 3.05) is 18.5 Å². The lowest BCUT2D eigenvalue weighted by molar-refractivity contribution is 0.392. The molecule has 0 unspecified atom stereocenters. The molecule has 62 valence electrons. The van der Waals surface area contributed by atoms with Gasteiger partial charge in [-0.25, -0.2) is 9.95 Å². The maximum atomic E-state index is 10.6. The molecule has 0 aliphatic carbocycles. The number of nitrogens with one attached hydrogen (secondary N) is 1. The van der Waals surface area contributed by atoms with Crippen LogP contribution >= 0.6 is 0 Å². The van der Waals surface area contributed by atoms with Crippen LogP contribution in [0, 0.1) is 0 Å². The van der Waals surface area contributed by atoms with Gasteiger partial charge >= 0.3 is 5.63 Å². The van der Waals surface area contributed by atoms with Gasteiger partial charge < -0.3 is 9.42 Å². The van der Waals surface area contributed by atoms with Crippen molar-refractivity contribution in [2.24, 2.45) is 0 Å². The lowest BCUT2D eigenvalue weighted by Gasteiger charge is -2.13. The number of aromatic amines is 1. The van der Waals surface area contributed by atoms with E-state index < -0.39 is 0 Å². The molecule has 4 heteroatoms. The average molecular weight is 156 g/mol. The van der Waals surface area contributed by atoms with Crippen LogP contribution in [0.1, 0.15) is 13.3 Å². The summed E-state index contributed by atoms with van der Waals surface area (Å²) in [6.45, 7) is 2.99. The van der Waals surface area contributed by atoms with Crippen LogP contribution in [0.15, 0.2) is 15.4 Å². The Balaban J connectivity index is 2.68. The van der Waals surface area contributed by atoms with E-state index in [1.807, 2.05) is 11.9 Å². The smallest absolute Gasteiger partial charge is 0.359 e. The maximum Gasteiger partial charge on any atom is 0.359 e. The van der Waals surface area contributed by atoms with Gasteiger partial charge in [0.25, 0.3) is 0 Å². The molecule has 0 atom stereocenters. The van der Waals surface area contributed by atoms with Crippen LogP contribution in [0.4, 0.5) is 5.82 Å². The molecule has 0 aromatic carbocycles. The van der Waals surface area contributed by atoms with Gasteiger partial charge in [-0.2, -0.15) is 0 Å². The van der Waals surface area contributed by atoms with Crippen LogP contribution in [-0.4, -0.2) is 18.7 Å². The summed E-state index contributed by atoms with van der Waals surface area (Å²) in [6, 6.07) is 1.44. The number of H-pyrrole nitrogens is 1. The molecule has 1 rings (SSSR count). The van der Waals surface area contributed by atoms with E-state index in [1.165, 1.54) is 6.07 Å². The van der Waals surface area contributed by atoms with E-state index in [-0.39, 0.29) is 5.63 Å². The van der Waals surface area contributed by atoms with E-state index in [9.17, 15) is 4.79 Å². The molecule has 4 nitrogen and oxygen atoms in total. The number of hydrogen-bond acceptors (Lipinski definition) is 3. The van der Waals surface area contributed by atoms with Crippen molar-refractivity contribution in [3.8, 4) is 0 Å². The summed E-state index contributed by atoms with van der Waals surface area (Å²) in [4.78, 5) is 12.5. The third-order valence-electron chi connectivity index (χ3n) is 1.48. The number of aromatic nitrogens is 1. The Morgan fingerprint density at radius 3 is 2.91 bits per heavy atom. The highest BCUT2D eigenvalue weighted by Crippen LogP contribution is 2.03. The van der Waals surface area contributed by atoms with Gasteiger partial charge in [-0.1, -0.05) is 6.92 Å². The molecule has 1 aromatic rings. The molecular formula is C7H12N2O2. The van der Waals surface area contributed by atoms with Gasteiger partial charge in [-0.3, -0.25) is 0 Å². The maximum absolute atomic E-state index is 10.6. The summed E-state index contributed by atoms with van der Waals surface area (Å²) in [5, 5.41) is 2.53. The first-order valence-corrected chi connectivity index (χ1v) is 3.63. The Morgan fingerprint density at radius 1 is 1.73 bits per heavy atom. The highest BCUT2D eigenvalue weighted by Gasteiger charge is 2.01. The fraction of sp³-hybridized carbons (Fsp3) is 0.571. The van der Waals surface area contributed by atoms with Crippen molar-refractivity contribution in [1.29, 1.82) is 0 Å². The van der Waals surface area contributed by atoms with E-state index in [0.717, 1.165) is 18.8 Å². The van der Waals surface area contributed by atoms with Crippen molar-refractivity contribution >= 4 is 5.82 Å². The molecule has 0 aliphatic rings. The normalized spacial score (nSPS) is 10.0. The third-order valence-corrected chi connectivity index (χ3v) is 1.48. The Bertz CT molecular complexity index is 263. The second-order valence-corrected chi connectivity index (χ2v) is 2.47. The van der Waals surface area contributed by atoms with Gasteiger partial charge in [-0.05, 0) is 6.42 Å². The molecule has 0 aliphatic heterocycles. The lowest BCUT2D eigenvalue weighted by atomic mass is 10.4. The quantitative estimate of drug-likeness (QED) is 0.704. The number of anilines is 1. The van der Waals surface area contributed by atoms with Gasteiger partial charge in [0.2, 0.25) is 0 Å². The first-order valence-electron chi connectivity index (χ1n) is 3.63. The van der Waals surface area contributed by atoms with Crippen molar-refractivity contribution in [3.63, 3.8) is 0 Å². The SMILES string of the molecule is CCCN(C)c1cc(=O)o[nH]1. The van der Waals surface area contributed by atoms with E-state index in [2.05, 4.69) is 16.6 Å². The van der Waals surface area contributed by atoms with Crippen LogP contribution < -0.4 is 10.5 Å². The third kappa shape index (κ3) is 1.86. The monoisotopic (exact) mass is 156 g/mol. The number of hydrogen-bond donors (Lipinski definition) is 1. The van der Waals surface area contributed by atoms with Gasteiger partial charge in [0.15, 0.2) is 0 Å². The summed E-state index contributed by atoms with van der Waals surface area (Å²) in [7, 11) is 1.91. The second-order valence-electron chi connectivity index (χ2n) is 2.47. The minimum atomic E-state index is -0.331. The van der Waals surface area contributed by atoms with Crippen LogP contribution in [0.2, 0.25) is 0 Å². The van der Waals surface area contributed by atoms with Crippen LogP contribution in [0.5, 0.6) is 0 Å². The van der Waals surface area contributed by atoms with Crippen LogP contribution in [0.25, 0.3) is 0 Å². The van der Waals surface area contributed by atoms with Gasteiger partial charge in [0, 0.05) is 13.6 Å². The fourth-order valence-electron chi connectivity index (χ4n) is 0.917. The van der Waals surface area contributed by atoms with Crippen molar-refractivity contribution in [3.05, 3.63) is 16.5 Å².